The average molecular weight is 294 g/mol. The van der Waals surface area contributed by atoms with E-state index in [4.69, 9.17) is 0 Å². The molecule has 1 aromatic rings. The van der Waals surface area contributed by atoms with Crippen molar-refractivity contribution in [3.8, 4) is 0 Å². The molecule has 0 aliphatic heterocycles. The fourth-order valence-electron chi connectivity index (χ4n) is 1.66. The van der Waals surface area contributed by atoms with E-state index in [0.29, 0.717) is 12.5 Å². The number of quaternary nitrogens is 1. The zero-order valence-corrected chi connectivity index (χ0v) is 14.7. The molecule has 4 nitrogen and oxygen atoms in total. The van der Waals surface area contributed by atoms with Gasteiger partial charge in [-0.3, -0.25) is 0 Å². The Labute approximate surface area is 130 Å². The maximum Gasteiger partial charge on any atom is 0.319 e. The lowest BCUT2D eigenvalue weighted by molar-refractivity contribution is -0.869. The highest BCUT2D eigenvalue weighted by Gasteiger charge is 2.08. The Morgan fingerprint density at radius 1 is 1.19 bits per heavy atom. The molecule has 21 heavy (non-hydrogen) atoms. The normalized spacial score (nSPS) is 10.7. The van der Waals surface area contributed by atoms with Crippen LogP contribution in [0.1, 0.15) is 39.2 Å². The van der Waals surface area contributed by atoms with Crippen LogP contribution in [0, 0.1) is 0 Å². The van der Waals surface area contributed by atoms with Crippen LogP contribution in [-0.4, -0.2) is 44.7 Å². The Hall–Kier alpha value is -1.55. The van der Waals surface area contributed by atoms with Gasteiger partial charge in [0.1, 0.15) is 0 Å². The quantitative estimate of drug-likeness (QED) is 0.799. The number of nitrogens with one attached hydrogen (secondary N) is 2. The summed E-state index contributed by atoms with van der Waals surface area (Å²) < 4.78 is 0.836. The van der Waals surface area contributed by atoms with E-state index in [9.17, 15) is 4.79 Å². The summed E-state index contributed by atoms with van der Waals surface area (Å²) in [5.74, 6) is 0.461. The van der Waals surface area contributed by atoms with Crippen molar-refractivity contribution in [2.45, 2.75) is 33.6 Å². The molecule has 0 unspecified atom stereocenters. The number of likely N-dealkylation sites (N-methyl/N-ethyl adjacent to an activating group) is 1. The molecule has 120 valence electrons. The molecule has 2 N–H and O–H groups in total. The molecule has 0 fully saturated rings. The Kier molecular flexibility index (Phi) is 8.70. The summed E-state index contributed by atoms with van der Waals surface area (Å²) in [7, 11) is 6.31. The molecule has 4 heteroatoms. The predicted octanol–water partition coefficient (Wildman–Crippen LogP) is 3.66. The molecule has 0 atom stereocenters. The standard InChI is InChI=1S/C15H25N3O.C2H6/c1-12(2)13-7-6-8-14(11-13)17-15(19)16-9-10-18(3,4)5;1-2/h6-8,11-12H,9-10H2,1-5H3,(H-,16,17,19);1-2H3/p+1. The number of nitrogens with zero attached hydrogens (tertiary/aromatic N) is 1. The van der Waals surface area contributed by atoms with Crippen LogP contribution in [0.15, 0.2) is 24.3 Å². The number of hydrogen-bond donors (Lipinski definition) is 2. The first-order valence-corrected chi connectivity index (χ1v) is 7.73. The van der Waals surface area contributed by atoms with Crippen molar-refractivity contribution >= 4 is 11.7 Å². The Morgan fingerprint density at radius 2 is 1.81 bits per heavy atom. The van der Waals surface area contributed by atoms with Crippen molar-refractivity contribution in [1.82, 2.24) is 5.32 Å². The lowest BCUT2D eigenvalue weighted by Gasteiger charge is -2.23. The summed E-state index contributed by atoms with van der Waals surface area (Å²) in [6.45, 7) is 9.85. The smallest absolute Gasteiger partial charge is 0.319 e. The molecule has 0 aromatic heterocycles. The number of benzene rings is 1. The van der Waals surface area contributed by atoms with E-state index in [1.165, 1.54) is 5.56 Å². The zero-order chi connectivity index (χ0) is 16.5. The summed E-state index contributed by atoms with van der Waals surface area (Å²) in [5, 5.41) is 5.74. The maximum absolute atomic E-state index is 11.8. The monoisotopic (exact) mass is 294 g/mol. The molecular formula is C17H32N3O+. The van der Waals surface area contributed by atoms with Gasteiger partial charge >= 0.3 is 6.03 Å². The molecule has 0 aliphatic rings. The number of anilines is 1. The molecule has 1 rings (SSSR count). The molecule has 0 saturated heterocycles. The van der Waals surface area contributed by atoms with Gasteiger partial charge in [-0.1, -0.05) is 39.8 Å². The molecule has 2 amide bonds. The second kappa shape index (κ2) is 9.40. The Morgan fingerprint density at radius 3 is 2.33 bits per heavy atom. The molecule has 0 aliphatic carbocycles. The lowest BCUT2D eigenvalue weighted by atomic mass is 10.0. The van der Waals surface area contributed by atoms with Gasteiger partial charge in [-0.25, -0.2) is 4.79 Å². The minimum atomic E-state index is -0.144. The van der Waals surface area contributed by atoms with Crippen LogP contribution in [-0.2, 0) is 0 Å². The van der Waals surface area contributed by atoms with Gasteiger partial charge in [-0.05, 0) is 23.6 Å². The summed E-state index contributed by atoms with van der Waals surface area (Å²) in [6.07, 6.45) is 0. The van der Waals surface area contributed by atoms with E-state index < -0.39 is 0 Å². The predicted molar refractivity (Wildman–Crippen MR) is 91.8 cm³/mol. The van der Waals surface area contributed by atoms with Crippen LogP contribution in [0.25, 0.3) is 0 Å². The van der Waals surface area contributed by atoms with Crippen LogP contribution in [0.2, 0.25) is 0 Å². The first-order chi connectivity index (χ1) is 9.78. The van der Waals surface area contributed by atoms with E-state index in [-0.39, 0.29) is 6.03 Å². The van der Waals surface area contributed by atoms with Crippen LogP contribution >= 0.6 is 0 Å². The van der Waals surface area contributed by atoms with Gasteiger partial charge in [-0.15, -0.1) is 0 Å². The fourth-order valence-corrected chi connectivity index (χ4v) is 1.66. The highest BCUT2D eigenvalue weighted by atomic mass is 16.2. The second-order valence-corrected chi connectivity index (χ2v) is 6.17. The van der Waals surface area contributed by atoms with Crippen LogP contribution < -0.4 is 10.6 Å². The van der Waals surface area contributed by atoms with Gasteiger partial charge in [0.05, 0.1) is 34.2 Å². The topological polar surface area (TPSA) is 41.1 Å². The van der Waals surface area contributed by atoms with Crippen LogP contribution in [0.5, 0.6) is 0 Å². The Balaban J connectivity index is 0.00000191. The summed E-state index contributed by atoms with van der Waals surface area (Å²) in [5.41, 5.74) is 2.07. The fraction of sp³-hybridized carbons (Fsp3) is 0.588. The first kappa shape index (κ1) is 19.4. The molecule has 0 radical (unpaired) electrons. The zero-order valence-electron chi connectivity index (χ0n) is 14.7. The molecule has 0 bridgehead atoms. The highest BCUT2D eigenvalue weighted by Crippen LogP contribution is 2.18. The molecule has 0 saturated carbocycles. The Bertz CT molecular complexity index is 422. The molecule has 0 heterocycles. The molecule has 0 spiro atoms. The summed E-state index contributed by atoms with van der Waals surface area (Å²) in [6, 6.07) is 7.83. The third kappa shape index (κ3) is 9.08. The largest absolute Gasteiger partial charge is 0.332 e. The van der Waals surface area contributed by atoms with E-state index in [2.05, 4.69) is 51.7 Å². The van der Waals surface area contributed by atoms with E-state index >= 15 is 0 Å². The third-order valence-corrected chi connectivity index (χ3v) is 2.88. The number of amides is 2. The lowest BCUT2D eigenvalue weighted by Crippen LogP contribution is -2.42. The van der Waals surface area contributed by atoms with Crippen molar-refractivity contribution in [2.75, 3.05) is 39.5 Å². The van der Waals surface area contributed by atoms with Gasteiger partial charge in [0.25, 0.3) is 0 Å². The van der Waals surface area contributed by atoms with E-state index in [0.717, 1.165) is 16.7 Å². The van der Waals surface area contributed by atoms with E-state index in [1.54, 1.807) is 0 Å². The number of carbonyl (C=O) groups is 1. The SMILES string of the molecule is CC.CC(C)c1cccc(NC(=O)NCC[N+](C)(C)C)c1. The second-order valence-electron chi connectivity index (χ2n) is 6.17. The van der Waals surface area contributed by atoms with Crippen molar-refractivity contribution < 1.29 is 9.28 Å². The number of hydrogen-bond acceptors (Lipinski definition) is 1. The van der Waals surface area contributed by atoms with Crippen molar-refractivity contribution in [3.05, 3.63) is 29.8 Å². The van der Waals surface area contributed by atoms with Gasteiger partial charge in [0.2, 0.25) is 0 Å². The summed E-state index contributed by atoms with van der Waals surface area (Å²) >= 11 is 0. The highest BCUT2D eigenvalue weighted by molar-refractivity contribution is 5.89. The van der Waals surface area contributed by atoms with Crippen molar-refractivity contribution in [1.29, 1.82) is 0 Å². The van der Waals surface area contributed by atoms with Gasteiger partial charge in [0, 0.05) is 5.69 Å². The van der Waals surface area contributed by atoms with Crippen molar-refractivity contribution in [3.63, 3.8) is 0 Å². The van der Waals surface area contributed by atoms with Gasteiger partial charge < -0.3 is 15.1 Å². The number of rotatable bonds is 5. The number of carbonyl (C=O) groups excluding carboxylic acids is 1. The van der Waals surface area contributed by atoms with Crippen molar-refractivity contribution in [2.24, 2.45) is 0 Å². The number of urea groups is 1. The maximum atomic E-state index is 11.8. The van der Waals surface area contributed by atoms with Gasteiger partial charge in [-0.2, -0.15) is 0 Å². The van der Waals surface area contributed by atoms with Crippen LogP contribution in [0.4, 0.5) is 10.5 Å². The minimum absolute atomic E-state index is 0.144. The minimum Gasteiger partial charge on any atom is -0.332 e. The van der Waals surface area contributed by atoms with Gasteiger partial charge in [0.15, 0.2) is 0 Å². The van der Waals surface area contributed by atoms with Crippen LogP contribution in [0.3, 0.4) is 0 Å². The third-order valence-electron chi connectivity index (χ3n) is 2.88. The molecular weight excluding hydrogens is 262 g/mol. The van der Waals surface area contributed by atoms with E-state index in [1.807, 2.05) is 32.0 Å². The first-order valence-electron chi connectivity index (χ1n) is 7.73. The summed E-state index contributed by atoms with van der Waals surface area (Å²) in [4.78, 5) is 11.8. The molecule has 1 aromatic carbocycles. The average Bonchev–Trinajstić information content (AvgIpc) is 2.39.